The molecule has 0 saturated heterocycles. The highest BCUT2D eigenvalue weighted by atomic mass is 15.2. The lowest BCUT2D eigenvalue weighted by atomic mass is 10.3. The van der Waals surface area contributed by atoms with Crippen LogP contribution in [0.2, 0.25) is 0 Å². The van der Waals surface area contributed by atoms with E-state index in [1.807, 2.05) is 24.3 Å². The Morgan fingerprint density at radius 2 is 2.06 bits per heavy atom. The first-order valence-corrected chi connectivity index (χ1v) is 4.89. The van der Waals surface area contributed by atoms with Gasteiger partial charge in [0.05, 0.1) is 17.3 Å². The van der Waals surface area contributed by atoms with Crippen molar-refractivity contribution >= 4 is 22.5 Å². The SMILES string of the molecule is c1cncc(Nc2[nH]nc3ncccc23)c1. The highest BCUT2D eigenvalue weighted by Crippen LogP contribution is 2.21. The van der Waals surface area contributed by atoms with Gasteiger partial charge < -0.3 is 5.32 Å². The molecule has 3 rings (SSSR count). The Balaban J connectivity index is 2.01. The molecule has 5 nitrogen and oxygen atoms in total. The molecule has 3 heterocycles. The van der Waals surface area contributed by atoms with Crippen molar-refractivity contribution in [2.75, 3.05) is 5.32 Å². The maximum atomic E-state index is 4.15. The van der Waals surface area contributed by atoms with Crippen LogP contribution in [0.5, 0.6) is 0 Å². The van der Waals surface area contributed by atoms with Gasteiger partial charge in [0, 0.05) is 12.4 Å². The molecule has 0 radical (unpaired) electrons. The molecule has 0 aliphatic rings. The van der Waals surface area contributed by atoms with E-state index in [0.717, 1.165) is 16.9 Å². The highest BCUT2D eigenvalue weighted by molar-refractivity contribution is 5.88. The third-order valence-corrected chi connectivity index (χ3v) is 2.26. The van der Waals surface area contributed by atoms with E-state index in [2.05, 4.69) is 25.5 Å². The van der Waals surface area contributed by atoms with E-state index in [4.69, 9.17) is 0 Å². The van der Waals surface area contributed by atoms with Crippen LogP contribution in [-0.4, -0.2) is 20.2 Å². The van der Waals surface area contributed by atoms with E-state index < -0.39 is 0 Å². The van der Waals surface area contributed by atoms with Gasteiger partial charge in [0.1, 0.15) is 5.82 Å². The molecule has 0 saturated carbocycles. The summed E-state index contributed by atoms with van der Waals surface area (Å²) in [5.74, 6) is 0.830. The Hall–Kier alpha value is -2.43. The van der Waals surface area contributed by atoms with Crippen molar-refractivity contribution in [3.05, 3.63) is 42.9 Å². The molecule has 0 bridgehead atoms. The maximum absolute atomic E-state index is 4.15. The molecule has 0 amide bonds. The van der Waals surface area contributed by atoms with Crippen molar-refractivity contribution in [3.63, 3.8) is 0 Å². The van der Waals surface area contributed by atoms with E-state index in [0.29, 0.717) is 5.65 Å². The zero-order chi connectivity index (χ0) is 10.8. The van der Waals surface area contributed by atoms with Crippen LogP contribution in [0.15, 0.2) is 42.9 Å². The van der Waals surface area contributed by atoms with Crippen molar-refractivity contribution < 1.29 is 0 Å². The number of fused-ring (bicyclic) bond motifs is 1. The average Bonchev–Trinajstić information content (AvgIpc) is 2.74. The summed E-state index contributed by atoms with van der Waals surface area (Å²) in [4.78, 5) is 8.18. The molecule has 3 aromatic rings. The predicted octanol–water partition coefficient (Wildman–Crippen LogP) is 2.10. The van der Waals surface area contributed by atoms with Crippen LogP contribution in [0.4, 0.5) is 11.5 Å². The van der Waals surface area contributed by atoms with Crippen molar-refractivity contribution in [3.8, 4) is 0 Å². The number of nitrogens with zero attached hydrogens (tertiary/aromatic N) is 3. The van der Waals surface area contributed by atoms with Gasteiger partial charge in [0.25, 0.3) is 0 Å². The zero-order valence-electron chi connectivity index (χ0n) is 8.38. The number of hydrogen-bond acceptors (Lipinski definition) is 4. The van der Waals surface area contributed by atoms with Crippen LogP contribution in [0.1, 0.15) is 0 Å². The minimum atomic E-state index is 0.703. The Kier molecular flexibility index (Phi) is 2.00. The monoisotopic (exact) mass is 211 g/mol. The molecular weight excluding hydrogens is 202 g/mol. The average molecular weight is 211 g/mol. The Labute approximate surface area is 91.6 Å². The van der Waals surface area contributed by atoms with Crippen LogP contribution in [0, 0.1) is 0 Å². The van der Waals surface area contributed by atoms with Gasteiger partial charge in [-0.2, -0.15) is 5.10 Å². The summed E-state index contributed by atoms with van der Waals surface area (Å²) in [5.41, 5.74) is 1.62. The Morgan fingerprint density at radius 3 is 2.94 bits per heavy atom. The molecule has 0 atom stereocenters. The number of aromatic amines is 1. The van der Waals surface area contributed by atoms with Gasteiger partial charge in [0.2, 0.25) is 0 Å². The number of aromatic nitrogens is 4. The van der Waals surface area contributed by atoms with Crippen molar-refractivity contribution in [2.24, 2.45) is 0 Å². The molecule has 0 unspecified atom stereocenters. The lowest BCUT2D eigenvalue weighted by Gasteiger charge is -2.02. The van der Waals surface area contributed by atoms with Crippen LogP contribution in [-0.2, 0) is 0 Å². The first kappa shape index (κ1) is 8.84. The number of hydrogen-bond donors (Lipinski definition) is 2. The van der Waals surface area contributed by atoms with Crippen LogP contribution in [0.3, 0.4) is 0 Å². The maximum Gasteiger partial charge on any atom is 0.183 e. The topological polar surface area (TPSA) is 66.5 Å². The largest absolute Gasteiger partial charge is 0.339 e. The van der Waals surface area contributed by atoms with Crippen molar-refractivity contribution in [1.29, 1.82) is 0 Å². The third-order valence-electron chi connectivity index (χ3n) is 2.26. The van der Waals surface area contributed by atoms with Gasteiger partial charge in [0.15, 0.2) is 5.65 Å². The smallest absolute Gasteiger partial charge is 0.183 e. The molecule has 0 fully saturated rings. The normalized spacial score (nSPS) is 10.5. The molecule has 0 aromatic carbocycles. The highest BCUT2D eigenvalue weighted by Gasteiger charge is 2.04. The summed E-state index contributed by atoms with van der Waals surface area (Å²) < 4.78 is 0. The molecule has 0 spiro atoms. The molecule has 2 N–H and O–H groups in total. The lowest BCUT2D eigenvalue weighted by Crippen LogP contribution is -1.91. The minimum Gasteiger partial charge on any atom is -0.339 e. The minimum absolute atomic E-state index is 0.703. The fraction of sp³-hybridized carbons (Fsp3) is 0. The second-order valence-electron chi connectivity index (χ2n) is 3.34. The van der Waals surface area contributed by atoms with Crippen molar-refractivity contribution in [1.82, 2.24) is 20.2 Å². The summed E-state index contributed by atoms with van der Waals surface area (Å²) >= 11 is 0. The second kappa shape index (κ2) is 3.62. The summed E-state index contributed by atoms with van der Waals surface area (Å²) in [7, 11) is 0. The molecule has 5 heteroatoms. The van der Waals surface area contributed by atoms with Gasteiger partial charge in [-0.25, -0.2) is 4.98 Å². The molecule has 0 aliphatic carbocycles. The van der Waals surface area contributed by atoms with Crippen LogP contribution < -0.4 is 5.32 Å². The summed E-state index contributed by atoms with van der Waals surface area (Å²) in [6.07, 6.45) is 5.21. The second-order valence-corrected chi connectivity index (χ2v) is 3.34. The summed E-state index contributed by atoms with van der Waals surface area (Å²) in [6, 6.07) is 7.66. The Morgan fingerprint density at radius 1 is 1.12 bits per heavy atom. The third kappa shape index (κ3) is 1.48. The molecule has 78 valence electrons. The molecular formula is C11H9N5. The van der Waals surface area contributed by atoms with E-state index in [9.17, 15) is 0 Å². The first-order chi connectivity index (χ1) is 7.93. The summed E-state index contributed by atoms with van der Waals surface area (Å²) in [6.45, 7) is 0. The zero-order valence-corrected chi connectivity index (χ0v) is 8.38. The van der Waals surface area contributed by atoms with Crippen LogP contribution in [0.25, 0.3) is 11.0 Å². The number of anilines is 2. The quantitative estimate of drug-likeness (QED) is 0.681. The van der Waals surface area contributed by atoms with Gasteiger partial charge in [-0.1, -0.05) is 0 Å². The molecule has 0 aliphatic heterocycles. The van der Waals surface area contributed by atoms with E-state index in [-0.39, 0.29) is 0 Å². The number of rotatable bonds is 2. The molecule has 3 aromatic heterocycles. The fourth-order valence-electron chi connectivity index (χ4n) is 1.53. The lowest BCUT2D eigenvalue weighted by molar-refractivity contribution is 1.10. The van der Waals surface area contributed by atoms with Gasteiger partial charge in [-0.15, -0.1) is 0 Å². The standard InChI is InChI=1S/C11H9N5/c1-3-8(7-12-5-1)14-11-9-4-2-6-13-10(9)15-16-11/h1-7H,(H2,13,14,15,16). The number of nitrogens with one attached hydrogen (secondary N) is 2. The van der Waals surface area contributed by atoms with Gasteiger partial charge in [-0.3, -0.25) is 10.1 Å². The first-order valence-electron chi connectivity index (χ1n) is 4.89. The van der Waals surface area contributed by atoms with Gasteiger partial charge >= 0.3 is 0 Å². The number of H-pyrrole nitrogens is 1. The predicted molar refractivity (Wildman–Crippen MR) is 61.4 cm³/mol. The fourth-order valence-corrected chi connectivity index (χ4v) is 1.53. The molecule has 16 heavy (non-hydrogen) atoms. The van der Waals surface area contributed by atoms with E-state index in [1.54, 1.807) is 18.6 Å². The van der Waals surface area contributed by atoms with E-state index >= 15 is 0 Å². The number of pyridine rings is 2. The van der Waals surface area contributed by atoms with Crippen molar-refractivity contribution in [2.45, 2.75) is 0 Å². The summed E-state index contributed by atoms with van der Waals surface area (Å²) in [5, 5.41) is 11.2. The Bertz CT molecular complexity index is 602. The van der Waals surface area contributed by atoms with Gasteiger partial charge in [-0.05, 0) is 24.3 Å². The van der Waals surface area contributed by atoms with E-state index in [1.165, 1.54) is 0 Å². The van der Waals surface area contributed by atoms with Crippen LogP contribution >= 0.6 is 0 Å².